The molecule has 0 saturated carbocycles. The number of halogens is 3. The zero-order chi connectivity index (χ0) is 26.2. The van der Waals surface area contributed by atoms with Gasteiger partial charge in [0.2, 0.25) is 0 Å². The average Bonchev–Trinajstić information content (AvgIpc) is 2.89. The monoisotopic (exact) mass is 516 g/mol. The normalized spacial score (nSPS) is 19.6. The summed E-state index contributed by atoms with van der Waals surface area (Å²) in [5.41, 5.74) is 4.37. The first-order chi connectivity index (χ1) is 17.7. The summed E-state index contributed by atoms with van der Waals surface area (Å²) in [6.07, 6.45) is -2.95. The highest BCUT2D eigenvalue weighted by Gasteiger charge is 2.36. The SMILES string of the molecule is Cc1ccc(N2CCN(C)CC2)c2c1CCN(C(=O)N1CCC(Oc3ccccc3C(F)(F)F)CC1)C2. The van der Waals surface area contributed by atoms with Crippen molar-refractivity contribution in [2.24, 2.45) is 0 Å². The number of para-hydroxylation sites is 1. The average molecular weight is 517 g/mol. The van der Waals surface area contributed by atoms with E-state index in [1.165, 1.54) is 34.5 Å². The van der Waals surface area contributed by atoms with Gasteiger partial charge in [-0.3, -0.25) is 0 Å². The van der Waals surface area contributed by atoms with E-state index in [9.17, 15) is 18.0 Å². The van der Waals surface area contributed by atoms with Gasteiger partial charge in [0.1, 0.15) is 11.9 Å². The third-order valence-corrected chi connectivity index (χ3v) is 7.93. The van der Waals surface area contributed by atoms with Gasteiger partial charge in [-0.1, -0.05) is 18.2 Å². The summed E-state index contributed by atoms with van der Waals surface area (Å²) in [6.45, 7) is 8.36. The van der Waals surface area contributed by atoms with Crippen molar-refractivity contribution in [2.75, 3.05) is 57.8 Å². The van der Waals surface area contributed by atoms with Crippen molar-refractivity contribution in [2.45, 2.75) is 45.0 Å². The summed E-state index contributed by atoms with van der Waals surface area (Å²) in [4.78, 5) is 22.0. The molecule has 0 aromatic heterocycles. The van der Waals surface area contributed by atoms with Crippen LogP contribution in [0.4, 0.5) is 23.7 Å². The first kappa shape index (κ1) is 25.7. The number of likely N-dealkylation sites (tertiary alicyclic amines) is 1. The van der Waals surface area contributed by atoms with Gasteiger partial charge < -0.3 is 24.3 Å². The molecule has 5 rings (SSSR count). The number of nitrogens with zero attached hydrogens (tertiary/aromatic N) is 4. The molecule has 0 atom stereocenters. The Morgan fingerprint density at radius 1 is 0.892 bits per heavy atom. The lowest BCUT2D eigenvalue weighted by Gasteiger charge is -2.40. The van der Waals surface area contributed by atoms with Crippen LogP contribution < -0.4 is 9.64 Å². The number of rotatable bonds is 3. The molecular weight excluding hydrogens is 481 g/mol. The maximum Gasteiger partial charge on any atom is 0.419 e. The highest BCUT2D eigenvalue weighted by molar-refractivity contribution is 5.76. The molecule has 2 fully saturated rings. The predicted octanol–water partition coefficient (Wildman–Crippen LogP) is 4.79. The molecule has 2 aromatic rings. The topological polar surface area (TPSA) is 39.3 Å². The lowest BCUT2D eigenvalue weighted by Crippen LogP contribution is -2.50. The molecule has 0 aliphatic carbocycles. The molecule has 3 aliphatic rings. The molecule has 3 heterocycles. The molecule has 0 N–H and O–H groups in total. The minimum absolute atomic E-state index is 0.00521. The second-order valence-corrected chi connectivity index (χ2v) is 10.4. The quantitative estimate of drug-likeness (QED) is 0.589. The highest BCUT2D eigenvalue weighted by Crippen LogP contribution is 2.37. The first-order valence-corrected chi connectivity index (χ1v) is 13.1. The Balaban J connectivity index is 1.23. The van der Waals surface area contributed by atoms with Gasteiger partial charge in [-0.15, -0.1) is 0 Å². The number of hydrogen-bond donors (Lipinski definition) is 0. The van der Waals surface area contributed by atoms with Crippen molar-refractivity contribution in [1.29, 1.82) is 0 Å². The number of alkyl halides is 3. The number of ether oxygens (including phenoxy) is 1. The van der Waals surface area contributed by atoms with Gasteiger partial charge in [-0.05, 0) is 55.3 Å². The molecule has 6 nitrogen and oxygen atoms in total. The van der Waals surface area contributed by atoms with Crippen LogP contribution in [-0.2, 0) is 19.1 Å². The Morgan fingerprint density at radius 3 is 2.30 bits per heavy atom. The van der Waals surface area contributed by atoms with E-state index in [4.69, 9.17) is 4.74 Å². The van der Waals surface area contributed by atoms with Crippen molar-refractivity contribution in [3.63, 3.8) is 0 Å². The van der Waals surface area contributed by atoms with Gasteiger partial charge >= 0.3 is 12.2 Å². The van der Waals surface area contributed by atoms with Gasteiger partial charge in [-0.2, -0.15) is 13.2 Å². The third-order valence-electron chi connectivity index (χ3n) is 7.93. The van der Waals surface area contributed by atoms with Crippen LogP contribution in [0.5, 0.6) is 5.75 Å². The Bertz CT molecular complexity index is 1120. The van der Waals surface area contributed by atoms with E-state index in [0.29, 0.717) is 39.0 Å². The molecule has 200 valence electrons. The third kappa shape index (κ3) is 5.51. The number of piperidine rings is 1. The number of piperazine rings is 1. The van der Waals surface area contributed by atoms with Gasteiger partial charge in [0.05, 0.1) is 5.56 Å². The molecule has 2 aromatic carbocycles. The van der Waals surface area contributed by atoms with Gasteiger partial charge in [0.15, 0.2) is 0 Å². The van der Waals surface area contributed by atoms with Crippen molar-refractivity contribution in [1.82, 2.24) is 14.7 Å². The molecule has 37 heavy (non-hydrogen) atoms. The summed E-state index contributed by atoms with van der Waals surface area (Å²) < 4.78 is 45.7. The molecule has 0 spiro atoms. The summed E-state index contributed by atoms with van der Waals surface area (Å²) in [6, 6.07) is 9.73. The molecule has 2 saturated heterocycles. The predicted molar refractivity (Wildman–Crippen MR) is 137 cm³/mol. The maximum absolute atomic E-state index is 13.5. The number of benzene rings is 2. The number of carbonyl (C=O) groups is 1. The molecule has 0 bridgehead atoms. The van der Waals surface area contributed by atoms with E-state index in [2.05, 4.69) is 35.9 Å². The largest absolute Gasteiger partial charge is 0.490 e. The highest BCUT2D eigenvalue weighted by atomic mass is 19.4. The van der Waals surface area contributed by atoms with Gasteiger partial charge in [0, 0.05) is 70.9 Å². The van der Waals surface area contributed by atoms with Crippen molar-refractivity contribution in [3.05, 3.63) is 58.7 Å². The van der Waals surface area contributed by atoms with Crippen LogP contribution in [-0.4, -0.2) is 79.7 Å². The van der Waals surface area contributed by atoms with E-state index in [0.717, 1.165) is 38.7 Å². The number of amides is 2. The minimum atomic E-state index is -4.46. The van der Waals surface area contributed by atoms with Crippen LogP contribution in [0.25, 0.3) is 0 Å². The Hall–Kier alpha value is -2.94. The summed E-state index contributed by atoms with van der Waals surface area (Å²) in [5, 5.41) is 0. The number of hydrogen-bond acceptors (Lipinski definition) is 4. The standard InChI is InChI=1S/C28H35F3N4O2/c1-20-7-8-25(33-17-15-32(2)16-18-33)23-19-35(14-11-22(20)23)27(36)34-12-9-21(10-13-34)37-26-6-4-3-5-24(26)28(29,30)31/h3-8,21H,9-19H2,1-2H3. The fraction of sp³-hybridized carbons (Fsp3) is 0.536. The Kier molecular flexibility index (Phi) is 7.25. The lowest BCUT2D eigenvalue weighted by atomic mass is 9.93. The van der Waals surface area contributed by atoms with Crippen LogP contribution >= 0.6 is 0 Å². The summed E-state index contributed by atoms with van der Waals surface area (Å²) in [7, 11) is 2.14. The van der Waals surface area contributed by atoms with E-state index in [-0.39, 0.29) is 17.9 Å². The van der Waals surface area contributed by atoms with Crippen molar-refractivity contribution < 1.29 is 22.7 Å². The minimum Gasteiger partial charge on any atom is -0.490 e. The molecule has 0 unspecified atom stereocenters. The van der Waals surface area contributed by atoms with Crippen LogP contribution in [0.1, 0.15) is 35.1 Å². The zero-order valence-corrected chi connectivity index (χ0v) is 21.6. The Labute approximate surface area is 216 Å². The van der Waals surface area contributed by atoms with Crippen LogP contribution in [0.3, 0.4) is 0 Å². The van der Waals surface area contributed by atoms with Crippen LogP contribution in [0.2, 0.25) is 0 Å². The fourth-order valence-electron chi connectivity index (χ4n) is 5.69. The number of likely N-dealkylation sites (N-methyl/N-ethyl adjacent to an activating group) is 1. The molecule has 2 amide bonds. The first-order valence-electron chi connectivity index (χ1n) is 13.1. The van der Waals surface area contributed by atoms with Gasteiger partial charge in [-0.25, -0.2) is 4.79 Å². The molecule has 9 heteroatoms. The number of fused-ring (bicyclic) bond motifs is 1. The van der Waals surface area contributed by atoms with Crippen molar-refractivity contribution in [3.8, 4) is 5.75 Å². The van der Waals surface area contributed by atoms with Gasteiger partial charge in [0.25, 0.3) is 0 Å². The lowest BCUT2D eigenvalue weighted by molar-refractivity contribution is -0.139. The van der Waals surface area contributed by atoms with Crippen LogP contribution in [0.15, 0.2) is 36.4 Å². The van der Waals surface area contributed by atoms with E-state index in [1.54, 1.807) is 6.07 Å². The Morgan fingerprint density at radius 2 is 1.59 bits per heavy atom. The number of carbonyl (C=O) groups excluding carboxylic acids is 1. The van der Waals surface area contributed by atoms with E-state index in [1.807, 2.05) is 9.80 Å². The number of aryl methyl sites for hydroxylation is 1. The van der Waals surface area contributed by atoms with E-state index >= 15 is 0 Å². The second kappa shape index (κ2) is 10.4. The van der Waals surface area contributed by atoms with Crippen molar-refractivity contribution >= 4 is 11.7 Å². The number of urea groups is 1. The fourth-order valence-corrected chi connectivity index (χ4v) is 5.69. The number of anilines is 1. The smallest absolute Gasteiger partial charge is 0.419 e. The molecule has 3 aliphatic heterocycles. The molecule has 0 radical (unpaired) electrons. The summed E-state index contributed by atoms with van der Waals surface area (Å²) >= 11 is 0. The van der Waals surface area contributed by atoms with E-state index < -0.39 is 11.7 Å². The van der Waals surface area contributed by atoms with Crippen LogP contribution in [0, 0.1) is 6.92 Å². The molecular formula is C28H35F3N4O2. The second-order valence-electron chi connectivity index (χ2n) is 10.4. The summed E-state index contributed by atoms with van der Waals surface area (Å²) in [5.74, 6) is -0.140. The zero-order valence-electron chi connectivity index (χ0n) is 21.6. The maximum atomic E-state index is 13.5.